The normalized spacial score (nSPS) is 11.5. The number of aryl methyl sites for hydroxylation is 2. The van der Waals surface area contributed by atoms with E-state index in [0.717, 1.165) is 35.6 Å². The summed E-state index contributed by atoms with van der Waals surface area (Å²) in [5.41, 5.74) is 6.10. The van der Waals surface area contributed by atoms with Crippen LogP contribution in [-0.4, -0.2) is 17.4 Å². The Labute approximate surface area is 155 Å². The van der Waals surface area contributed by atoms with Crippen LogP contribution in [0.1, 0.15) is 36.4 Å². The molecule has 3 aromatic rings. The van der Waals surface area contributed by atoms with Gasteiger partial charge in [-0.1, -0.05) is 56.3 Å². The molecule has 0 unspecified atom stereocenters. The summed E-state index contributed by atoms with van der Waals surface area (Å²) >= 11 is 0. The largest absolute Gasteiger partial charge is 0.254 e. The summed E-state index contributed by atoms with van der Waals surface area (Å²) in [6.07, 6.45) is 5.55. The van der Waals surface area contributed by atoms with Crippen LogP contribution >= 0.6 is 0 Å². The molecule has 0 radical (unpaired) electrons. The highest BCUT2D eigenvalue weighted by Gasteiger charge is 1.99. The first-order chi connectivity index (χ1) is 12.8. The van der Waals surface area contributed by atoms with Crippen molar-refractivity contribution in [1.29, 1.82) is 0 Å². The summed E-state index contributed by atoms with van der Waals surface area (Å²) in [4.78, 5) is 13.8. The number of hydrogen-bond donors (Lipinski definition) is 0. The lowest BCUT2D eigenvalue weighted by molar-refractivity contribution is 1.13. The van der Waals surface area contributed by atoms with Gasteiger partial charge in [-0.3, -0.25) is 9.98 Å². The van der Waals surface area contributed by atoms with E-state index in [4.69, 9.17) is 0 Å². The first-order valence-corrected chi connectivity index (χ1v) is 9.01. The zero-order valence-corrected chi connectivity index (χ0v) is 15.3. The number of aromatic nitrogens is 1. The Bertz CT molecular complexity index is 853. The minimum Gasteiger partial charge on any atom is -0.254 e. The van der Waals surface area contributed by atoms with Gasteiger partial charge < -0.3 is 0 Å². The Kier molecular flexibility index (Phi) is 6.05. The Morgan fingerprint density at radius 1 is 0.654 bits per heavy atom. The minimum absolute atomic E-state index is 0.823. The molecule has 3 heteroatoms. The van der Waals surface area contributed by atoms with Gasteiger partial charge in [-0.15, -0.1) is 0 Å². The van der Waals surface area contributed by atoms with Crippen molar-refractivity contribution >= 4 is 23.8 Å². The maximum Gasteiger partial charge on any atom is 0.0820 e. The number of aliphatic imine (C=N–C) groups is 2. The average molecular weight is 341 g/mol. The number of para-hydroxylation sites is 2. The Hall–Kier alpha value is -3.07. The zero-order chi connectivity index (χ0) is 18.2. The molecule has 0 aliphatic carbocycles. The number of hydrogen-bond acceptors (Lipinski definition) is 3. The molecule has 1 heterocycles. The fraction of sp³-hybridized carbons (Fsp3) is 0.174. The molecule has 2 aromatic carbocycles. The van der Waals surface area contributed by atoms with Crippen LogP contribution in [0.25, 0.3) is 0 Å². The van der Waals surface area contributed by atoms with Crippen LogP contribution in [0, 0.1) is 0 Å². The third-order valence-corrected chi connectivity index (χ3v) is 4.21. The van der Waals surface area contributed by atoms with Crippen LogP contribution < -0.4 is 0 Å². The van der Waals surface area contributed by atoms with Crippen molar-refractivity contribution in [2.75, 3.05) is 0 Å². The molecule has 3 nitrogen and oxygen atoms in total. The predicted molar refractivity (Wildman–Crippen MR) is 110 cm³/mol. The van der Waals surface area contributed by atoms with Crippen molar-refractivity contribution in [1.82, 2.24) is 4.98 Å². The van der Waals surface area contributed by atoms with Crippen LogP contribution in [0.15, 0.2) is 76.7 Å². The number of pyridine rings is 1. The van der Waals surface area contributed by atoms with E-state index in [1.54, 1.807) is 0 Å². The summed E-state index contributed by atoms with van der Waals surface area (Å²) < 4.78 is 0. The SMILES string of the molecule is CCc1ccccc1N=Cc1cccc(C=Nc2ccccc2CC)n1. The zero-order valence-electron chi connectivity index (χ0n) is 15.3. The van der Waals surface area contributed by atoms with Gasteiger partial charge in [-0.2, -0.15) is 0 Å². The fourth-order valence-corrected chi connectivity index (χ4v) is 2.76. The van der Waals surface area contributed by atoms with Crippen LogP contribution in [0.2, 0.25) is 0 Å². The summed E-state index contributed by atoms with van der Waals surface area (Å²) in [6.45, 7) is 4.27. The molecule has 26 heavy (non-hydrogen) atoms. The molecule has 3 rings (SSSR count). The van der Waals surface area contributed by atoms with Crippen LogP contribution in [0.4, 0.5) is 11.4 Å². The lowest BCUT2D eigenvalue weighted by atomic mass is 10.1. The van der Waals surface area contributed by atoms with Crippen molar-refractivity contribution in [3.8, 4) is 0 Å². The van der Waals surface area contributed by atoms with Crippen LogP contribution in [-0.2, 0) is 12.8 Å². The van der Waals surface area contributed by atoms with Crippen molar-refractivity contribution in [2.45, 2.75) is 26.7 Å². The lowest BCUT2D eigenvalue weighted by Crippen LogP contribution is -1.93. The highest BCUT2D eigenvalue weighted by Crippen LogP contribution is 2.20. The molecule has 0 saturated heterocycles. The lowest BCUT2D eigenvalue weighted by Gasteiger charge is -2.02. The topological polar surface area (TPSA) is 37.6 Å². The van der Waals surface area contributed by atoms with Crippen molar-refractivity contribution in [3.63, 3.8) is 0 Å². The van der Waals surface area contributed by atoms with E-state index in [1.807, 2.05) is 67.0 Å². The Morgan fingerprint density at radius 3 is 1.58 bits per heavy atom. The summed E-state index contributed by atoms with van der Waals surface area (Å²) in [5, 5.41) is 0. The van der Waals surface area contributed by atoms with E-state index in [0.29, 0.717) is 0 Å². The van der Waals surface area contributed by atoms with Gasteiger partial charge in [-0.25, -0.2) is 4.98 Å². The van der Waals surface area contributed by atoms with Gasteiger partial charge in [0, 0.05) is 0 Å². The quantitative estimate of drug-likeness (QED) is 0.529. The molecule has 0 bridgehead atoms. The van der Waals surface area contributed by atoms with Crippen molar-refractivity contribution in [3.05, 3.63) is 89.2 Å². The minimum atomic E-state index is 0.823. The number of rotatable bonds is 6. The van der Waals surface area contributed by atoms with Gasteiger partial charge >= 0.3 is 0 Å². The predicted octanol–water partition coefficient (Wildman–Crippen LogP) is 5.71. The molecule has 0 spiro atoms. The van der Waals surface area contributed by atoms with E-state index in [-0.39, 0.29) is 0 Å². The highest BCUT2D eigenvalue weighted by molar-refractivity contribution is 5.84. The van der Waals surface area contributed by atoms with Gasteiger partial charge in [0.2, 0.25) is 0 Å². The maximum atomic E-state index is 4.62. The van der Waals surface area contributed by atoms with Gasteiger partial charge in [0.25, 0.3) is 0 Å². The highest BCUT2D eigenvalue weighted by atomic mass is 14.8. The molecule has 0 aliphatic rings. The molecule has 0 saturated carbocycles. The first-order valence-electron chi connectivity index (χ1n) is 9.01. The molecule has 1 aromatic heterocycles. The van der Waals surface area contributed by atoms with Crippen molar-refractivity contribution in [2.24, 2.45) is 9.98 Å². The van der Waals surface area contributed by atoms with Gasteiger partial charge in [0.05, 0.1) is 35.2 Å². The monoisotopic (exact) mass is 341 g/mol. The van der Waals surface area contributed by atoms with E-state index >= 15 is 0 Å². The van der Waals surface area contributed by atoms with E-state index < -0.39 is 0 Å². The third kappa shape index (κ3) is 4.51. The van der Waals surface area contributed by atoms with E-state index in [9.17, 15) is 0 Å². The van der Waals surface area contributed by atoms with Crippen LogP contribution in [0.3, 0.4) is 0 Å². The molecule has 0 aliphatic heterocycles. The molecular weight excluding hydrogens is 318 g/mol. The number of benzene rings is 2. The average Bonchev–Trinajstić information content (AvgIpc) is 2.71. The second kappa shape index (κ2) is 8.86. The van der Waals surface area contributed by atoms with Crippen molar-refractivity contribution < 1.29 is 0 Å². The Balaban J connectivity index is 1.80. The molecule has 0 N–H and O–H groups in total. The maximum absolute atomic E-state index is 4.62. The standard InChI is InChI=1S/C23H23N3/c1-3-18-10-5-7-14-22(18)24-16-20-12-9-13-21(26-20)17-25-23-15-8-6-11-19(23)4-2/h5-17H,3-4H2,1-2H3. The summed E-state index contributed by atoms with van der Waals surface area (Å²) in [6, 6.07) is 22.3. The molecular formula is C23H23N3. The smallest absolute Gasteiger partial charge is 0.0820 e. The van der Waals surface area contributed by atoms with Gasteiger partial charge in [-0.05, 0) is 48.2 Å². The van der Waals surface area contributed by atoms with E-state index in [1.165, 1.54) is 11.1 Å². The number of nitrogens with zero attached hydrogens (tertiary/aromatic N) is 3. The molecule has 0 atom stereocenters. The molecule has 130 valence electrons. The first kappa shape index (κ1) is 17.7. The van der Waals surface area contributed by atoms with Gasteiger partial charge in [0.1, 0.15) is 0 Å². The summed E-state index contributed by atoms with van der Waals surface area (Å²) in [7, 11) is 0. The third-order valence-electron chi connectivity index (χ3n) is 4.21. The molecule has 0 amide bonds. The van der Waals surface area contributed by atoms with Gasteiger partial charge in [0.15, 0.2) is 0 Å². The summed E-state index contributed by atoms with van der Waals surface area (Å²) in [5.74, 6) is 0. The van der Waals surface area contributed by atoms with Crippen LogP contribution in [0.5, 0.6) is 0 Å². The van der Waals surface area contributed by atoms with E-state index in [2.05, 4.69) is 40.9 Å². The second-order valence-electron chi connectivity index (χ2n) is 5.97. The second-order valence-corrected chi connectivity index (χ2v) is 5.97. The fourth-order valence-electron chi connectivity index (χ4n) is 2.76. The molecule has 0 fully saturated rings. The Morgan fingerprint density at radius 2 is 1.12 bits per heavy atom.